The Labute approximate surface area is 151 Å². The third-order valence-electron chi connectivity index (χ3n) is 3.94. The number of fused-ring (bicyclic) bond motifs is 1. The molecule has 2 N–H and O–H groups in total. The zero-order valence-electron chi connectivity index (χ0n) is 14.6. The van der Waals surface area contributed by atoms with Gasteiger partial charge < -0.3 is 10.1 Å². The number of aryl methyl sites for hydroxylation is 1. The Bertz CT molecular complexity index is 969. The van der Waals surface area contributed by atoms with Gasteiger partial charge in [-0.25, -0.2) is 14.9 Å². The van der Waals surface area contributed by atoms with Gasteiger partial charge in [0, 0.05) is 23.5 Å². The number of urea groups is 1. The molecule has 0 aliphatic rings. The first-order chi connectivity index (χ1) is 12.6. The van der Waals surface area contributed by atoms with Gasteiger partial charge >= 0.3 is 12.1 Å². The highest BCUT2D eigenvalue weighted by Crippen LogP contribution is 2.29. The number of hydrogen-bond acceptors (Lipinski definition) is 4. The first-order valence-electron chi connectivity index (χ1n) is 8.26. The van der Waals surface area contributed by atoms with Crippen LogP contribution in [0.3, 0.4) is 0 Å². The SMILES string of the molecule is CCOC(=O)NC(=O)Nc1ccc(C)c(-c2ccc3ccncc3c2)c1. The first-order valence-corrected chi connectivity index (χ1v) is 8.26. The van der Waals surface area contributed by atoms with Crippen LogP contribution in [-0.4, -0.2) is 23.7 Å². The van der Waals surface area contributed by atoms with E-state index >= 15 is 0 Å². The van der Waals surface area contributed by atoms with Crippen LogP contribution in [0, 0.1) is 6.92 Å². The molecular formula is C20H19N3O3. The van der Waals surface area contributed by atoms with E-state index in [-0.39, 0.29) is 6.61 Å². The number of amides is 3. The summed E-state index contributed by atoms with van der Waals surface area (Å²) in [5, 5.41) is 6.91. The van der Waals surface area contributed by atoms with E-state index in [1.807, 2.05) is 43.5 Å². The van der Waals surface area contributed by atoms with Crippen molar-refractivity contribution < 1.29 is 14.3 Å². The normalized spacial score (nSPS) is 10.4. The topological polar surface area (TPSA) is 80.3 Å². The third-order valence-corrected chi connectivity index (χ3v) is 3.94. The van der Waals surface area contributed by atoms with Gasteiger partial charge in [0.25, 0.3) is 0 Å². The summed E-state index contributed by atoms with van der Waals surface area (Å²) in [7, 11) is 0. The molecule has 6 nitrogen and oxygen atoms in total. The highest BCUT2D eigenvalue weighted by atomic mass is 16.5. The van der Waals surface area contributed by atoms with Crippen LogP contribution in [0.25, 0.3) is 21.9 Å². The van der Waals surface area contributed by atoms with Crippen LogP contribution in [-0.2, 0) is 4.74 Å². The van der Waals surface area contributed by atoms with Crippen molar-refractivity contribution in [1.29, 1.82) is 0 Å². The number of alkyl carbamates (subject to hydrolysis) is 1. The quantitative estimate of drug-likeness (QED) is 0.730. The van der Waals surface area contributed by atoms with Crippen molar-refractivity contribution in [3.8, 4) is 11.1 Å². The molecule has 3 amide bonds. The molecule has 0 aliphatic heterocycles. The molecule has 0 atom stereocenters. The summed E-state index contributed by atoms with van der Waals surface area (Å²) in [6.07, 6.45) is 2.81. The van der Waals surface area contributed by atoms with Crippen LogP contribution in [0.4, 0.5) is 15.3 Å². The van der Waals surface area contributed by atoms with Crippen molar-refractivity contribution in [2.45, 2.75) is 13.8 Å². The molecule has 0 saturated heterocycles. The minimum Gasteiger partial charge on any atom is -0.450 e. The largest absolute Gasteiger partial charge is 0.450 e. The monoisotopic (exact) mass is 349 g/mol. The smallest absolute Gasteiger partial charge is 0.415 e. The summed E-state index contributed by atoms with van der Waals surface area (Å²) < 4.78 is 4.69. The summed E-state index contributed by atoms with van der Waals surface area (Å²) in [5.41, 5.74) is 3.67. The number of carbonyl (C=O) groups is 2. The summed E-state index contributed by atoms with van der Waals surface area (Å²) in [5.74, 6) is 0. The number of imide groups is 1. The molecule has 26 heavy (non-hydrogen) atoms. The highest BCUT2D eigenvalue weighted by Gasteiger charge is 2.10. The van der Waals surface area contributed by atoms with Crippen molar-refractivity contribution in [1.82, 2.24) is 10.3 Å². The number of rotatable bonds is 3. The van der Waals surface area contributed by atoms with Crippen LogP contribution in [0.15, 0.2) is 54.9 Å². The van der Waals surface area contributed by atoms with Gasteiger partial charge in [-0.3, -0.25) is 4.98 Å². The molecule has 6 heteroatoms. The Morgan fingerprint density at radius 2 is 1.92 bits per heavy atom. The van der Waals surface area contributed by atoms with Gasteiger partial charge in [0.2, 0.25) is 0 Å². The predicted octanol–water partition coefficient (Wildman–Crippen LogP) is 4.49. The Morgan fingerprint density at radius 1 is 1.08 bits per heavy atom. The molecule has 3 rings (SSSR count). The fourth-order valence-electron chi connectivity index (χ4n) is 2.69. The van der Waals surface area contributed by atoms with Gasteiger partial charge in [-0.15, -0.1) is 0 Å². The van der Waals surface area contributed by atoms with E-state index in [9.17, 15) is 9.59 Å². The van der Waals surface area contributed by atoms with Gasteiger partial charge in [-0.1, -0.05) is 18.2 Å². The molecule has 0 fully saturated rings. The summed E-state index contributed by atoms with van der Waals surface area (Å²) >= 11 is 0. The van der Waals surface area contributed by atoms with Gasteiger partial charge in [0.1, 0.15) is 0 Å². The van der Waals surface area contributed by atoms with E-state index in [1.165, 1.54) is 0 Å². The van der Waals surface area contributed by atoms with E-state index < -0.39 is 12.1 Å². The van der Waals surface area contributed by atoms with E-state index in [1.54, 1.807) is 19.2 Å². The lowest BCUT2D eigenvalue weighted by Crippen LogP contribution is -2.34. The number of benzene rings is 2. The number of ether oxygens (including phenoxy) is 1. The van der Waals surface area contributed by atoms with Crippen LogP contribution in [0.1, 0.15) is 12.5 Å². The molecular weight excluding hydrogens is 330 g/mol. The molecule has 0 bridgehead atoms. The molecule has 0 spiro atoms. The fourth-order valence-corrected chi connectivity index (χ4v) is 2.69. The average molecular weight is 349 g/mol. The number of hydrogen-bond donors (Lipinski definition) is 2. The third kappa shape index (κ3) is 3.97. The van der Waals surface area contributed by atoms with Crippen LogP contribution in [0.2, 0.25) is 0 Å². The second kappa shape index (κ2) is 7.65. The van der Waals surface area contributed by atoms with E-state index in [4.69, 9.17) is 0 Å². The predicted molar refractivity (Wildman–Crippen MR) is 101 cm³/mol. The lowest BCUT2D eigenvalue weighted by atomic mass is 9.98. The molecule has 2 aromatic carbocycles. The molecule has 0 saturated carbocycles. The minimum absolute atomic E-state index is 0.199. The van der Waals surface area contributed by atoms with Gasteiger partial charge in [-0.2, -0.15) is 0 Å². The Balaban J connectivity index is 1.85. The van der Waals surface area contributed by atoms with Crippen LogP contribution < -0.4 is 10.6 Å². The lowest BCUT2D eigenvalue weighted by molar-refractivity contribution is 0.154. The van der Waals surface area contributed by atoms with Crippen molar-refractivity contribution >= 4 is 28.6 Å². The number of nitrogens with zero attached hydrogens (tertiary/aromatic N) is 1. The van der Waals surface area contributed by atoms with Crippen molar-refractivity contribution in [2.75, 3.05) is 11.9 Å². The molecule has 1 heterocycles. The van der Waals surface area contributed by atoms with Crippen LogP contribution in [0.5, 0.6) is 0 Å². The Hall–Kier alpha value is -3.41. The van der Waals surface area contributed by atoms with Gasteiger partial charge in [0.15, 0.2) is 0 Å². The number of pyridine rings is 1. The zero-order valence-corrected chi connectivity index (χ0v) is 14.6. The maximum absolute atomic E-state index is 11.9. The molecule has 1 aromatic heterocycles. The molecule has 0 unspecified atom stereocenters. The van der Waals surface area contributed by atoms with Gasteiger partial charge in [0.05, 0.1) is 6.61 Å². The molecule has 132 valence electrons. The van der Waals surface area contributed by atoms with Crippen LogP contribution >= 0.6 is 0 Å². The molecule has 3 aromatic rings. The Morgan fingerprint density at radius 3 is 2.73 bits per heavy atom. The van der Waals surface area contributed by atoms with E-state index in [0.717, 1.165) is 27.5 Å². The second-order valence-electron chi connectivity index (χ2n) is 5.77. The van der Waals surface area contributed by atoms with Crippen molar-refractivity contribution in [3.63, 3.8) is 0 Å². The van der Waals surface area contributed by atoms with Crippen molar-refractivity contribution in [3.05, 3.63) is 60.4 Å². The number of aromatic nitrogens is 1. The molecule has 0 aliphatic carbocycles. The van der Waals surface area contributed by atoms with E-state index in [2.05, 4.69) is 26.4 Å². The summed E-state index contributed by atoms with van der Waals surface area (Å²) in [6.45, 7) is 3.87. The standard InChI is InChI=1S/C20H19N3O3/c1-3-26-20(25)23-19(24)22-17-7-4-13(2)18(11-17)15-6-5-14-8-9-21-12-16(14)10-15/h4-12H,3H2,1-2H3,(H2,22,23,24,25). The summed E-state index contributed by atoms with van der Waals surface area (Å²) in [4.78, 5) is 27.3. The number of nitrogens with one attached hydrogen (secondary N) is 2. The zero-order chi connectivity index (χ0) is 18.5. The van der Waals surface area contributed by atoms with Gasteiger partial charge in [-0.05, 0) is 60.2 Å². The minimum atomic E-state index is -0.778. The second-order valence-corrected chi connectivity index (χ2v) is 5.77. The lowest BCUT2D eigenvalue weighted by Gasteiger charge is -2.11. The Kier molecular flexibility index (Phi) is 5.12. The fraction of sp³-hybridized carbons (Fsp3) is 0.150. The first kappa shape index (κ1) is 17.4. The number of anilines is 1. The molecule has 0 radical (unpaired) electrons. The van der Waals surface area contributed by atoms with Crippen molar-refractivity contribution in [2.24, 2.45) is 0 Å². The van der Waals surface area contributed by atoms with E-state index in [0.29, 0.717) is 5.69 Å². The average Bonchev–Trinajstić information content (AvgIpc) is 2.63. The maximum Gasteiger partial charge on any atom is 0.415 e. The maximum atomic E-state index is 11.9. The summed E-state index contributed by atoms with van der Waals surface area (Å²) in [6, 6.07) is 13.0. The highest BCUT2D eigenvalue weighted by molar-refractivity contribution is 5.99. The number of carbonyl (C=O) groups excluding carboxylic acids is 2.